The predicted octanol–water partition coefficient (Wildman–Crippen LogP) is 3.02. The summed E-state index contributed by atoms with van der Waals surface area (Å²) < 4.78 is 3.71. The van der Waals surface area contributed by atoms with Gasteiger partial charge in [-0.25, -0.2) is 4.98 Å². The van der Waals surface area contributed by atoms with E-state index < -0.39 is 0 Å². The van der Waals surface area contributed by atoms with Crippen LogP contribution in [-0.4, -0.2) is 22.5 Å². The van der Waals surface area contributed by atoms with Crippen molar-refractivity contribution >= 4 is 26.4 Å². The highest BCUT2D eigenvalue weighted by Crippen LogP contribution is 2.32. The summed E-state index contributed by atoms with van der Waals surface area (Å²) in [6, 6.07) is 8.61. The molecule has 0 spiro atoms. The lowest BCUT2D eigenvalue weighted by molar-refractivity contribution is 0.445. The lowest BCUT2D eigenvalue weighted by atomic mass is 9.97. The molecule has 1 N–H and O–H groups in total. The second-order valence-corrected chi connectivity index (χ2v) is 5.95. The van der Waals surface area contributed by atoms with Crippen molar-refractivity contribution in [3.8, 4) is 0 Å². The number of nitrogens with one attached hydrogen (secondary N) is 1. The number of hydrogen-bond acceptors (Lipinski definition) is 3. The van der Waals surface area contributed by atoms with Crippen LogP contribution in [0.4, 0.5) is 0 Å². The van der Waals surface area contributed by atoms with Gasteiger partial charge in [0.05, 0.1) is 16.4 Å². The Kier molecular flexibility index (Phi) is 2.38. The Balaban J connectivity index is 1.94. The molecule has 3 aromatic rings. The summed E-state index contributed by atoms with van der Waals surface area (Å²) in [7, 11) is 0. The number of aromatic nitrogens is 2. The molecule has 3 nitrogen and oxygen atoms in total. The fraction of sp³-hybridized carbons (Fsp3) is 0.357. The second kappa shape index (κ2) is 4.07. The third-order valence-corrected chi connectivity index (χ3v) is 4.84. The van der Waals surface area contributed by atoms with Crippen molar-refractivity contribution in [2.24, 2.45) is 0 Å². The molecule has 0 amide bonds. The third-order valence-electron chi connectivity index (χ3n) is 3.78. The number of para-hydroxylation sites is 1. The molecule has 1 aliphatic rings. The molecule has 1 fully saturated rings. The van der Waals surface area contributed by atoms with Crippen LogP contribution in [-0.2, 0) is 0 Å². The number of nitrogens with zero attached hydrogens (tertiary/aromatic N) is 2. The zero-order valence-electron chi connectivity index (χ0n) is 10.1. The number of rotatable bonds is 1. The average Bonchev–Trinajstić information content (AvgIpc) is 2.98. The third kappa shape index (κ3) is 1.49. The molecule has 4 heteroatoms. The Morgan fingerprint density at radius 1 is 1.22 bits per heavy atom. The van der Waals surface area contributed by atoms with E-state index in [1.165, 1.54) is 33.7 Å². The molecule has 18 heavy (non-hydrogen) atoms. The Bertz CT molecular complexity index is 691. The number of benzene rings is 1. The summed E-state index contributed by atoms with van der Waals surface area (Å²) >= 11 is 1.83. The molecule has 0 saturated carbocycles. The molecule has 2 aromatic heterocycles. The fourth-order valence-corrected chi connectivity index (χ4v) is 3.90. The quantitative estimate of drug-likeness (QED) is 0.726. The molecule has 1 aromatic carbocycles. The maximum absolute atomic E-state index is 4.67. The smallest absolute Gasteiger partial charge is 0.120 e. The highest BCUT2D eigenvalue weighted by Gasteiger charge is 2.21. The molecule has 1 saturated heterocycles. The Labute approximate surface area is 109 Å². The van der Waals surface area contributed by atoms with Crippen molar-refractivity contribution < 1.29 is 0 Å². The fourth-order valence-electron chi connectivity index (χ4n) is 2.87. The van der Waals surface area contributed by atoms with Gasteiger partial charge >= 0.3 is 0 Å². The Morgan fingerprint density at radius 3 is 2.94 bits per heavy atom. The van der Waals surface area contributed by atoms with Crippen LogP contribution < -0.4 is 5.32 Å². The molecular weight excluding hydrogens is 242 g/mol. The van der Waals surface area contributed by atoms with E-state index in [9.17, 15) is 0 Å². The van der Waals surface area contributed by atoms with Gasteiger partial charge in [0.25, 0.3) is 0 Å². The van der Waals surface area contributed by atoms with Crippen molar-refractivity contribution in [1.82, 2.24) is 14.7 Å². The van der Waals surface area contributed by atoms with Crippen LogP contribution in [0, 0.1) is 0 Å². The number of piperidine rings is 1. The lowest BCUT2D eigenvalue weighted by Crippen LogP contribution is -2.27. The maximum atomic E-state index is 4.67. The average molecular weight is 257 g/mol. The number of imidazole rings is 1. The zero-order valence-corrected chi connectivity index (χ0v) is 10.9. The van der Waals surface area contributed by atoms with E-state index in [4.69, 9.17) is 0 Å². The summed E-state index contributed by atoms with van der Waals surface area (Å²) in [6.07, 6.45) is 4.43. The maximum Gasteiger partial charge on any atom is 0.120 e. The molecule has 0 atom stereocenters. The van der Waals surface area contributed by atoms with Crippen molar-refractivity contribution in [3.63, 3.8) is 0 Å². The normalized spacial score (nSPS) is 17.8. The van der Waals surface area contributed by atoms with Gasteiger partial charge in [-0.05, 0) is 38.1 Å². The molecule has 1 aliphatic heterocycles. The first kappa shape index (κ1) is 10.5. The van der Waals surface area contributed by atoms with Gasteiger partial charge in [-0.2, -0.15) is 0 Å². The zero-order chi connectivity index (χ0) is 11.9. The van der Waals surface area contributed by atoms with Gasteiger partial charge in [0.2, 0.25) is 0 Å². The first-order valence-electron chi connectivity index (χ1n) is 6.49. The Morgan fingerprint density at radius 2 is 2.06 bits per heavy atom. The Hall–Kier alpha value is -1.39. The first-order valence-corrected chi connectivity index (χ1v) is 7.31. The van der Waals surface area contributed by atoms with E-state index in [1.807, 2.05) is 17.5 Å². The van der Waals surface area contributed by atoms with Gasteiger partial charge < -0.3 is 5.32 Å². The minimum Gasteiger partial charge on any atom is -0.317 e. The van der Waals surface area contributed by atoms with E-state index in [-0.39, 0.29) is 0 Å². The molecule has 0 radical (unpaired) electrons. The standard InChI is InChI=1S/C14H15N3S/c1-2-4-12-11(3-1)17-13(18-12)9-16-14(17)10-5-7-15-8-6-10/h1-4,9-10,15H,5-8H2. The van der Waals surface area contributed by atoms with Gasteiger partial charge in [-0.3, -0.25) is 4.40 Å². The summed E-state index contributed by atoms with van der Waals surface area (Å²) in [5, 5.41) is 3.42. The molecule has 3 heterocycles. The van der Waals surface area contributed by atoms with Crippen LogP contribution in [0.1, 0.15) is 24.6 Å². The van der Waals surface area contributed by atoms with E-state index in [0.29, 0.717) is 5.92 Å². The monoisotopic (exact) mass is 257 g/mol. The van der Waals surface area contributed by atoms with Gasteiger partial charge in [-0.1, -0.05) is 12.1 Å². The lowest BCUT2D eigenvalue weighted by Gasteiger charge is -2.21. The highest BCUT2D eigenvalue weighted by atomic mass is 32.1. The molecule has 0 aliphatic carbocycles. The van der Waals surface area contributed by atoms with E-state index >= 15 is 0 Å². The predicted molar refractivity (Wildman–Crippen MR) is 75.4 cm³/mol. The van der Waals surface area contributed by atoms with E-state index in [2.05, 4.69) is 39.0 Å². The van der Waals surface area contributed by atoms with Crippen LogP contribution in [0.15, 0.2) is 30.5 Å². The van der Waals surface area contributed by atoms with Gasteiger partial charge in [0.1, 0.15) is 10.7 Å². The second-order valence-electron chi connectivity index (χ2n) is 4.88. The van der Waals surface area contributed by atoms with E-state index in [1.54, 1.807) is 0 Å². The molecule has 92 valence electrons. The van der Waals surface area contributed by atoms with Gasteiger partial charge in [-0.15, -0.1) is 11.3 Å². The van der Waals surface area contributed by atoms with E-state index in [0.717, 1.165) is 13.1 Å². The minimum atomic E-state index is 0.603. The van der Waals surface area contributed by atoms with Gasteiger partial charge in [0, 0.05) is 5.92 Å². The molecule has 0 unspecified atom stereocenters. The highest BCUT2D eigenvalue weighted by molar-refractivity contribution is 7.23. The molecule has 4 rings (SSSR count). The number of fused-ring (bicyclic) bond motifs is 3. The van der Waals surface area contributed by atoms with Crippen LogP contribution in [0.5, 0.6) is 0 Å². The van der Waals surface area contributed by atoms with Crippen molar-refractivity contribution in [2.75, 3.05) is 13.1 Å². The summed E-state index contributed by atoms with van der Waals surface area (Å²) in [4.78, 5) is 5.94. The summed E-state index contributed by atoms with van der Waals surface area (Å²) in [5.74, 6) is 1.86. The van der Waals surface area contributed by atoms with Crippen LogP contribution >= 0.6 is 11.3 Å². The number of thiazole rings is 1. The summed E-state index contributed by atoms with van der Waals surface area (Å²) in [6.45, 7) is 2.23. The van der Waals surface area contributed by atoms with Crippen LogP contribution in [0.3, 0.4) is 0 Å². The van der Waals surface area contributed by atoms with Crippen molar-refractivity contribution in [3.05, 3.63) is 36.3 Å². The van der Waals surface area contributed by atoms with Gasteiger partial charge in [0.15, 0.2) is 0 Å². The summed E-state index contributed by atoms with van der Waals surface area (Å²) in [5.41, 5.74) is 1.31. The van der Waals surface area contributed by atoms with Crippen LogP contribution in [0.25, 0.3) is 15.0 Å². The molecular formula is C14H15N3S. The van der Waals surface area contributed by atoms with Crippen molar-refractivity contribution in [2.45, 2.75) is 18.8 Å². The number of hydrogen-bond donors (Lipinski definition) is 1. The molecule has 0 bridgehead atoms. The van der Waals surface area contributed by atoms with Crippen LogP contribution in [0.2, 0.25) is 0 Å². The topological polar surface area (TPSA) is 29.3 Å². The SMILES string of the molecule is c1ccc2c(c1)sc1cnc(C3CCNCC3)n12. The van der Waals surface area contributed by atoms with Crippen molar-refractivity contribution in [1.29, 1.82) is 0 Å². The minimum absolute atomic E-state index is 0.603. The largest absolute Gasteiger partial charge is 0.317 e. The first-order chi connectivity index (χ1) is 8.93.